The van der Waals surface area contributed by atoms with E-state index in [4.69, 9.17) is 4.74 Å². The molecule has 3 nitrogen and oxygen atoms in total. The zero-order chi connectivity index (χ0) is 14.4. The molecule has 0 spiro atoms. The first-order valence-electron chi connectivity index (χ1n) is 7.51. The number of hydrogen-bond acceptors (Lipinski definition) is 3. The van der Waals surface area contributed by atoms with Gasteiger partial charge in [0.05, 0.1) is 7.11 Å². The molecule has 1 fully saturated rings. The average molecular weight is 280 g/mol. The van der Waals surface area contributed by atoms with E-state index in [1.807, 2.05) is 12.1 Å². The standard InChI is InChI=1S/C16H25FN2O/c1-3-8-18-11-14-5-4-9-19(14)12-13-6-7-15(20-2)10-16(13)17/h6-7,10,14,18H,3-5,8-9,11-12H2,1-2H3. The van der Waals surface area contributed by atoms with Crippen LogP contribution in [0, 0.1) is 5.82 Å². The summed E-state index contributed by atoms with van der Waals surface area (Å²) in [5.41, 5.74) is 0.758. The Balaban J connectivity index is 1.94. The molecular formula is C16H25FN2O. The molecule has 4 heteroatoms. The predicted octanol–water partition coefficient (Wildman–Crippen LogP) is 2.80. The van der Waals surface area contributed by atoms with Crippen molar-refractivity contribution in [3.8, 4) is 5.75 Å². The fraction of sp³-hybridized carbons (Fsp3) is 0.625. The maximum absolute atomic E-state index is 14.0. The maximum atomic E-state index is 14.0. The highest BCUT2D eigenvalue weighted by Gasteiger charge is 2.24. The molecule has 0 bridgehead atoms. The van der Waals surface area contributed by atoms with Gasteiger partial charge in [0, 0.05) is 30.8 Å². The number of nitrogens with one attached hydrogen (secondary N) is 1. The van der Waals surface area contributed by atoms with Gasteiger partial charge in [-0.2, -0.15) is 0 Å². The summed E-state index contributed by atoms with van der Waals surface area (Å²) in [6.07, 6.45) is 3.56. The topological polar surface area (TPSA) is 24.5 Å². The molecule has 1 aromatic rings. The minimum Gasteiger partial charge on any atom is -0.497 e. The number of likely N-dealkylation sites (tertiary alicyclic amines) is 1. The summed E-state index contributed by atoms with van der Waals surface area (Å²) in [5.74, 6) is 0.408. The van der Waals surface area contributed by atoms with E-state index in [0.717, 1.165) is 31.6 Å². The van der Waals surface area contributed by atoms with E-state index in [2.05, 4.69) is 17.1 Å². The Morgan fingerprint density at radius 2 is 2.30 bits per heavy atom. The van der Waals surface area contributed by atoms with Gasteiger partial charge in [-0.05, 0) is 38.4 Å². The van der Waals surface area contributed by atoms with Crippen molar-refractivity contribution >= 4 is 0 Å². The summed E-state index contributed by atoms with van der Waals surface area (Å²) < 4.78 is 19.0. The smallest absolute Gasteiger partial charge is 0.131 e. The van der Waals surface area contributed by atoms with Crippen LogP contribution in [0.25, 0.3) is 0 Å². The fourth-order valence-electron chi connectivity index (χ4n) is 2.78. The van der Waals surface area contributed by atoms with Gasteiger partial charge in [0.1, 0.15) is 11.6 Å². The molecular weight excluding hydrogens is 255 g/mol. The third-order valence-corrected chi connectivity index (χ3v) is 3.94. The van der Waals surface area contributed by atoms with Gasteiger partial charge >= 0.3 is 0 Å². The molecule has 20 heavy (non-hydrogen) atoms. The zero-order valence-corrected chi connectivity index (χ0v) is 12.5. The maximum Gasteiger partial charge on any atom is 0.131 e. The number of rotatable bonds is 7. The first-order chi connectivity index (χ1) is 9.74. The Kier molecular flexibility index (Phi) is 5.80. The van der Waals surface area contributed by atoms with E-state index in [-0.39, 0.29) is 5.82 Å². The van der Waals surface area contributed by atoms with Gasteiger partial charge in [-0.1, -0.05) is 13.0 Å². The Hall–Kier alpha value is -1.13. The molecule has 2 rings (SSSR count). The molecule has 1 aliphatic heterocycles. The van der Waals surface area contributed by atoms with Gasteiger partial charge in [-0.15, -0.1) is 0 Å². The van der Waals surface area contributed by atoms with E-state index < -0.39 is 0 Å². The van der Waals surface area contributed by atoms with Gasteiger partial charge in [0.25, 0.3) is 0 Å². The first-order valence-corrected chi connectivity index (χ1v) is 7.51. The second-order valence-corrected chi connectivity index (χ2v) is 5.43. The van der Waals surface area contributed by atoms with E-state index in [0.29, 0.717) is 18.3 Å². The lowest BCUT2D eigenvalue weighted by Crippen LogP contribution is -2.37. The Morgan fingerprint density at radius 1 is 1.45 bits per heavy atom. The quantitative estimate of drug-likeness (QED) is 0.777. The van der Waals surface area contributed by atoms with E-state index in [9.17, 15) is 4.39 Å². The molecule has 0 aromatic heterocycles. The highest BCUT2D eigenvalue weighted by molar-refractivity contribution is 5.29. The lowest BCUT2D eigenvalue weighted by atomic mass is 10.1. The molecule has 112 valence electrons. The summed E-state index contributed by atoms with van der Waals surface area (Å²) in [7, 11) is 1.56. The molecule has 0 aliphatic carbocycles. The van der Waals surface area contributed by atoms with Crippen molar-refractivity contribution in [1.82, 2.24) is 10.2 Å². The lowest BCUT2D eigenvalue weighted by molar-refractivity contribution is 0.236. The van der Waals surface area contributed by atoms with E-state index >= 15 is 0 Å². The monoisotopic (exact) mass is 280 g/mol. The van der Waals surface area contributed by atoms with Crippen LogP contribution in [0.15, 0.2) is 18.2 Å². The minimum absolute atomic E-state index is 0.170. The van der Waals surface area contributed by atoms with Gasteiger partial charge < -0.3 is 10.1 Å². The molecule has 1 aromatic carbocycles. The summed E-state index contributed by atoms with van der Waals surface area (Å²) >= 11 is 0. The molecule has 1 heterocycles. The van der Waals surface area contributed by atoms with Crippen LogP contribution in [0.4, 0.5) is 4.39 Å². The third-order valence-electron chi connectivity index (χ3n) is 3.94. The van der Waals surface area contributed by atoms with Crippen LogP contribution in [0.2, 0.25) is 0 Å². The highest BCUT2D eigenvalue weighted by Crippen LogP contribution is 2.23. The average Bonchev–Trinajstić information content (AvgIpc) is 2.89. The summed E-state index contributed by atoms with van der Waals surface area (Å²) in [6, 6.07) is 5.67. The van der Waals surface area contributed by atoms with Crippen LogP contribution in [-0.4, -0.2) is 37.7 Å². The van der Waals surface area contributed by atoms with Gasteiger partial charge in [-0.3, -0.25) is 4.90 Å². The van der Waals surface area contributed by atoms with Gasteiger partial charge in [0.2, 0.25) is 0 Å². The summed E-state index contributed by atoms with van der Waals surface area (Å²) in [5, 5.41) is 3.47. The normalized spacial score (nSPS) is 19.4. The molecule has 1 saturated heterocycles. The van der Waals surface area contributed by atoms with Crippen LogP contribution >= 0.6 is 0 Å². The predicted molar refractivity (Wildman–Crippen MR) is 79.5 cm³/mol. The third kappa shape index (κ3) is 3.93. The molecule has 1 atom stereocenters. The lowest BCUT2D eigenvalue weighted by Gasteiger charge is -2.25. The Bertz CT molecular complexity index is 425. The number of nitrogens with zero attached hydrogens (tertiary/aromatic N) is 1. The van der Waals surface area contributed by atoms with Gasteiger partial charge in [-0.25, -0.2) is 4.39 Å². The molecule has 0 amide bonds. The number of hydrogen-bond donors (Lipinski definition) is 1. The molecule has 1 aliphatic rings. The van der Waals surface area contributed by atoms with Crippen molar-refractivity contribution in [1.29, 1.82) is 0 Å². The molecule has 1 unspecified atom stereocenters. The van der Waals surface area contributed by atoms with Crippen LogP contribution < -0.4 is 10.1 Å². The number of benzene rings is 1. The highest BCUT2D eigenvalue weighted by atomic mass is 19.1. The van der Waals surface area contributed by atoms with Crippen LogP contribution in [0.5, 0.6) is 5.75 Å². The van der Waals surface area contributed by atoms with Crippen LogP contribution in [-0.2, 0) is 6.54 Å². The molecule has 0 saturated carbocycles. The zero-order valence-electron chi connectivity index (χ0n) is 12.5. The van der Waals surface area contributed by atoms with Crippen molar-refractivity contribution in [2.24, 2.45) is 0 Å². The van der Waals surface area contributed by atoms with E-state index in [1.54, 1.807) is 7.11 Å². The van der Waals surface area contributed by atoms with Crippen molar-refractivity contribution < 1.29 is 9.13 Å². The van der Waals surface area contributed by atoms with Crippen LogP contribution in [0.1, 0.15) is 31.7 Å². The van der Waals surface area contributed by atoms with Gasteiger partial charge in [0.15, 0.2) is 0 Å². The van der Waals surface area contributed by atoms with Crippen molar-refractivity contribution in [2.45, 2.75) is 38.8 Å². The second kappa shape index (κ2) is 7.60. The van der Waals surface area contributed by atoms with Crippen molar-refractivity contribution in [3.05, 3.63) is 29.6 Å². The second-order valence-electron chi connectivity index (χ2n) is 5.43. The first kappa shape index (κ1) is 15.3. The summed E-state index contributed by atoms with van der Waals surface area (Å²) in [6.45, 7) is 5.98. The Morgan fingerprint density at radius 3 is 3.00 bits per heavy atom. The minimum atomic E-state index is -0.170. The Labute approximate surface area is 121 Å². The molecule has 1 N–H and O–H groups in total. The fourth-order valence-corrected chi connectivity index (χ4v) is 2.78. The largest absolute Gasteiger partial charge is 0.497 e. The van der Waals surface area contributed by atoms with Crippen LogP contribution in [0.3, 0.4) is 0 Å². The van der Waals surface area contributed by atoms with Crippen molar-refractivity contribution in [2.75, 3.05) is 26.7 Å². The summed E-state index contributed by atoms with van der Waals surface area (Å²) in [4.78, 5) is 2.38. The molecule has 0 radical (unpaired) electrons. The number of halogens is 1. The van der Waals surface area contributed by atoms with Crippen molar-refractivity contribution in [3.63, 3.8) is 0 Å². The number of ether oxygens (including phenoxy) is 1. The van der Waals surface area contributed by atoms with E-state index in [1.165, 1.54) is 18.9 Å². The SMILES string of the molecule is CCCNCC1CCCN1Cc1ccc(OC)cc1F. The number of methoxy groups -OCH3 is 1.